The van der Waals surface area contributed by atoms with E-state index in [-0.39, 0.29) is 11.0 Å². The normalized spacial score (nSPS) is 26.6. The van der Waals surface area contributed by atoms with Gasteiger partial charge in [-0.15, -0.1) is 6.58 Å². The molecule has 4 atom stereocenters. The maximum Gasteiger partial charge on any atom is 0.200 e. The number of benzene rings is 1. The fourth-order valence-corrected chi connectivity index (χ4v) is 5.23. The van der Waals surface area contributed by atoms with Gasteiger partial charge in [0.05, 0.1) is 5.92 Å². The molecule has 1 aromatic carbocycles. The number of thioether (sulfide) groups is 1. The average molecular weight is 317 g/mol. The quantitative estimate of drug-likeness (QED) is 0.650. The first kappa shape index (κ1) is 17.3. The predicted octanol–water partition coefficient (Wildman–Crippen LogP) is 5.68. The van der Waals surface area contributed by atoms with Crippen molar-refractivity contribution in [3.63, 3.8) is 0 Å². The smallest absolute Gasteiger partial charge is 0.200 e. The predicted molar refractivity (Wildman–Crippen MR) is 97.1 cm³/mol. The van der Waals surface area contributed by atoms with Crippen LogP contribution in [0.2, 0.25) is 0 Å². The van der Waals surface area contributed by atoms with Crippen molar-refractivity contribution in [1.29, 1.82) is 0 Å². The molecule has 0 aliphatic heterocycles. The summed E-state index contributed by atoms with van der Waals surface area (Å²) in [5.41, 5.74) is 1.06. The van der Waals surface area contributed by atoms with E-state index in [4.69, 9.17) is 0 Å². The third-order valence-corrected chi connectivity index (χ3v) is 6.21. The summed E-state index contributed by atoms with van der Waals surface area (Å²) in [7, 11) is 0. The first-order valence-electron chi connectivity index (χ1n) is 8.41. The lowest BCUT2D eigenvalue weighted by Gasteiger charge is -2.36. The summed E-state index contributed by atoms with van der Waals surface area (Å²) >= 11 is 1.58. The van der Waals surface area contributed by atoms with E-state index < -0.39 is 0 Å². The minimum Gasteiger partial charge on any atom is -0.286 e. The van der Waals surface area contributed by atoms with Crippen molar-refractivity contribution in [2.24, 2.45) is 17.8 Å². The van der Waals surface area contributed by atoms with E-state index in [1.165, 1.54) is 12.8 Å². The number of rotatable bonds is 5. The van der Waals surface area contributed by atoms with Crippen LogP contribution in [0.3, 0.4) is 0 Å². The summed E-state index contributed by atoms with van der Waals surface area (Å²) in [6.07, 6.45) is 5.52. The molecule has 0 heterocycles. The van der Waals surface area contributed by atoms with Crippen LogP contribution in [0.1, 0.15) is 51.5 Å². The maximum absolute atomic E-state index is 12.8. The van der Waals surface area contributed by atoms with Gasteiger partial charge in [-0.05, 0) is 36.2 Å². The Hall–Kier alpha value is -1.02. The highest BCUT2D eigenvalue weighted by molar-refractivity contribution is 8.14. The Morgan fingerprint density at radius 1 is 1.27 bits per heavy atom. The van der Waals surface area contributed by atoms with Crippen LogP contribution in [-0.4, -0.2) is 10.4 Å². The minimum absolute atomic E-state index is 0.184. The van der Waals surface area contributed by atoms with Gasteiger partial charge >= 0.3 is 0 Å². The molecule has 1 nitrogen and oxygen atoms in total. The fourth-order valence-electron chi connectivity index (χ4n) is 3.50. The van der Waals surface area contributed by atoms with Crippen molar-refractivity contribution in [2.45, 2.75) is 51.2 Å². The van der Waals surface area contributed by atoms with Gasteiger partial charge < -0.3 is 0 Å². The van der Waals surface area contributed by atoms with Gasteiger partial charge in [0.15, 0.2) is 5.12 Å². The lowest BCUT2D eigenvalue weighted by molar-refractivity contribution is -0.111. The van der Waals surface area contributed by atoms with Gasteiger partial charge in [0.25, 0.3) is 0 Å². The van der Waals surface area contributed by atoms with E-state index in [0.717, 1.165) is 17.9 Å². The summed E-state index contributed by atoms with van der Waals surface area (Å²) in [5.74, 6) is 1.86. The Kier molecular flexibility index (Phi) is 6.31. The molecule has 1 aliphatic carbocycles. The zero-order valence-electron chi connectivity index (χ0n) is 14.0. The Labute approximate surface area is 139 Å². The first-order valence-corrected chi connectivity index (χ1v) is 9.28. The van der Waals surface area contributed by atoms with Crippen molar-refractivity contribution in [3.05, 3.63) is 48.6 Å². The second kappa shape index (κ2) is 8.01. The lowest BCUT2D eigenvalue weighted by atomic mass is 9.77. The zero-order chi connectivity index (χ0) is 16.1. The number of hydrogen-bond donors (Lipinski definition) is 0. The van der Waals surface area contributed by atoms with E-state index in [1.54, 1.807) is 17.8 Å². The van der Waals surface area contributed by atoms with E-state index >= 15 is 0 Å². The molecule has 0 amide bonds. The molecule has 0 spiro atoms. The van der Waals surface area contributed by atoms with E-state index in [0.29, 0.717) is 17.1 Å². The molecule has 0 saturated heterocycles. The molecule has 0 N–H and O–H groups in total. The minimum atomic E-state index is -0.184. The Morgan fingerprint density at radius 3 is 2.55 bits per heavy atom. The van der Waals surface area contributed by atoms with E-state index in [2.05, 4.69) is 27.4 Å². The summed E-state index contributed by atoms with van der Waals surface area (Å²) in [6.45, 7) is 10.8. The molecule has 1 fully saturated rings. The van der Waals surface area contributed by atoms with Crippen molar-refractivity contribution in [2.75, 3.05) is 0 Å². The van der Waals surface area contributed by atoms with Crippen LogP contribution in [0, 0.1) is 17.8 Å². The standard InChI is InChI=1S/C20H28OS/c1-5-17(16-9-7-6-8-10-16)20(21)22-19-13-15(4)11-12-18(19)14(2)3/h5-10,14-15,17-19H,1,11-13H2,2-4H3/t15-,17-,18+,19-/m1/s1. The molecule has 1 saturated carbocycles. The summed E-state index contributed by atoms with van der Waals surface area (Å²) < 4.78 is 0. The highest BCUT2D eigenvalue weighted by Gasteiger charge is 2.34. The van der Waals surface area contributed by atoms with Gasteiger partial charge in [0, 0.05) is 5.25 Å². The Bertz CT molecular complexity index is 494. The monoisotopic (exact) mass is 316 g/mol. The van der Waals surface area contributed by atoms with Gasteiger partial charge in [0.2, 0.25) is 0 Å². The number of allylic oxidation sites excluding steroid dienone is 1. The molecular weight excluding hydrogens is 288 g/mol. The van der Waals surface area contributed by atoms with Crippen LogP contribution in [0.4, 0.5) is 0 Å². The van der Waals surface area contributed by atoms with Crippen molar-refractivity contribution >= 4 is 16.9 Å². The lowest BCUT2D eigenvalue weighted by Crippen LogP contribution is -2.31. The third kappa shape index (κ3) is 4.25. The van der Waals surface area contributed by atoms with Crippen LogP contribution >= 0.6 is 11.8 Å². The van der Waals surface area contributed by atoms with Gasteiger partial charge in [0.1, 0.15) is 0 Å². The number of carbonyl (C=O) groups is 1. The molecule has 2 rings (SSSR count). The van der Waals surface area contributed by atoms with E-state index in [1.807, 2.05) is 30.3 Å². The molecule has 120 valence electrons. The van der Waals surface area contributed by atoms with Gasteiger partial charge in [-0.2, -0.15) is 0 Å². The van der Waals surface area contributed by atoms with Crippen LogP contribution in [0.15, 0.2) is 43.0 Å². The first-order chi connectivity index (χ1) is 10.5. The van der Waals surface area contributed by atoms with Crippen molar-refractivity contribution in [1.82, 2.24) is 0 Å². The molecule has 0 aromatic heterocycles. The zero-order valence-corrected chi connectivity index (χ0v) is 14.8. The molecule has 2 heteroatoms. The second-order valence-electron chi connectivity index (χ2n) is 6.93. The molecule has 22 heavy (non-hydrogen) atoms. The van der Waals surface area contributed by atoms with Gasteiger partial charge in [-0.25, -0.2) is 0 Å². The summed E-state index contributed by atoms with van der Waals surface area (Å²) in [5, 5.41) is 0.716. The topological polar surface area (TPSA) is 17.1 Å². The molecular formula is C20H28OS. The summed E-state index contributed by atoms with van der Waals surface area (Å²) in [4.78, 5) is 12.8. The maximum atomic E-state index is 12.8. The van der Waals surface area contributed by atoms with Crippen LogP contribution < -0.4 is 0 Å². The Balaban J connectivity index is 2.09. The second-order valence-corrected chi connectivity index (χ2v) is 8.17. The molecule has 0 unspecified atom stereocenters. The van der Waals surface area contributed by atoms with E-state index in [9.17, 15) is 4.79 Å². The van der Waals surface area contributed by atoms with Gasteiger partial charge in [-0.3, -0.25) is 4.79 Å². The number of carbonyl (C=O) groups excluding carboxylic acids is 1. The van der Waals surface area contributed by atoms with Crippen molar-refractivity contribution in [3.8, 4) is 0 Å². The SMILES string of the molecule is C=C[C@@H](C(=O)S[C@@H]1C[C@H](C)CC[C@H]1C(C)C)c1ccccc1. The van der Waals surface area contributed by atoms with Crippen LogP contribution in [-0.2, 0) is 4.79 Å². The molecule has 1 aromatic rings. The average Bonchev–Trinajstić information content (AvgIpc) is 2.48. The highest BCUT2D eigenvalue weighted by atomic mass is 32.2. The van der Waals surface area contributed by atoms with Crippen molar-refractivity contribution < 1.29 is 4.79 Å². The molecule has 0 radical (unpaired) electrons. The third-order valence-electron chi connectivity index (χ3n) is 4.88. The fraction of sp³-hybridized carbons (Fsp3) is 0.550. The summed E-state index contributed by atoms with van der Waals surface area (Å²) in [6, 6.07) is 10.0. The van der Waals surface area contributed by atoms with Crippen LogP contribution in [0.5, 0.6) is 0 Å². The van der Waals surface area contributed by atoms with Crippen LogP contribution in [0.25, 0.3) is 0 Å². The van der Waals surface area contributed by atoms with Gasteiger partial charge in [-0.1, -0.05) is 75.4 Å². The number of hydrogen-bond acceptors (Lipinski definition) is 2. The largest absolute Gasteiger partial charge is 0.286 e. The molecule has 1 aliphatic rings. The Morgan fingerprint density at radius 2 is 1.95 bits per heavy atom. The molecule has 0 bridgehead atoms. The highest BCUT2D eigenvalue weighted by Crippen LogP contribution is 2.42.